The second-order valence-corrected chi connectivity index (χ2v) is 8.28. The van der Waals surface area contributed by atoms with Crippen LogP contribution in [0.1, 0.15) is 39.9 Å². The lowest BCUT2D eigenvalue weighted by atomic mass is 9.98. The van der Waals surface area contributed by atoms with Crippen LogP contribution in [0.5, 0.6) is 0 Å². The van der Waals surface area contributed by atoms with Crippen LogP contribution in [0.15, 0.2) is 48.7 Å². The number of likely N-dealkylation sites (N-methyl/N-ethyl adjacent to an activating group) is 1. The van der Waals surface area contributed by atoms with E-state index in [0.29, 0.717) is 12.1 Å². The molecule has 0 saturated heterocycles. The summed E-state index contributed by atoms with van der Waals surface area (Å²) in [4.78, 5) is 25.3. The average molecular weight is 500 g/mol. The van der Waals surface area contributed by atoms with Crippen LogP contribution >= 0.6 is 0 Å². The van der Waals surface area contributed by atoms with Crippen LogP contribution < -0.4 is 0 Å². The van der Waals surface area contributed by atoms with Crippen molar-refractivity contribution in [2.24, 2.45) is 7.05 Å². The third-order valence-electron chi connectivity index (χ3n) is 5.83. The first-order valence-corrected chi connectivity index (χ1v) is 10.5. The number of hydrogen-bond acceptors (Lipinski definition) is 2. The maximum atomic E-state index is 13.2. The van der Waals surface area contributed by atoms with E-state index in [1.807, 2.05) is 22.8 Å². The Morgan fingerprint density at radius 2 is 1.57 bits per heavy atom. The zero-order valence-corrected chi connectivity index (χ0v) is 18.7. The summed E-state index contributed by atoms with van der Waals surface area (Å²) < 4.78 is 81.3. The highest BCUT2D eigenvalue weighted by Crippen LogP contribution is 2.36. The van der Waals surface area contributed by atoms with Gasteiger partial charge in [-0.3, -0.25) is 9.59 Å². The molecular formula is C24H22F6N2O3. The quantitative estimate of drug-likeness (QED) is 0.420. The van der Waals surface area contributed by atoms with Gasteiger partial charge in [0.25, 0.3) is 5.91 Å². The number of hydrogen-bond donors (Lipinski definition) is 1. The minimum atomic E-state index is -5.10. The Hall–Kier alpha value is -3.50. The highest BCUT2D eigenvalue weighted by atomic mass is 19.4. The second-order valence-electron chi connectivity index (χ2n) is 8.28. The molecule has 0 aliphatic rings. The number of amides is 1. The summed E-state index contributed by atoms with van der Waals surface area (Å²) >= 11 is 0. The second kappa shape index (κ2) is 9.63. The zero-order valence-electron chi connectivity index (χ0n) is 18.7. The van der Waals surface area contributed by atoms with Crippen LogP contribution in [0.4, 0.5) is 26.3 Å². The van der Waals surface area contributed by atoms with Crippen LogP contribution in [-0.2, 0) is 30.6 Å². The minimum absolute atomic E-state index is 0.0468. The van der Waals surface area contributed by atoms with Gasteiger partial charge in [0.1, 0.15) is 0 Å². The largest absolute Gasteiger partial charge is 0.481 e. The molecule has 0 radical (unpaired) electrons. The molecule has 11 heteroatoms. The SMILES string of the molecule is CN(C(=O)c1cc(C(F)(F)F)cc(C(F)(F)F)c1)C(CCC(=O)O)Cc1cn(C)c2ccccc12. The van der Waals surface area contributed by atoms with E-state index < -0.39 is 47.0 Å². The van der Waals surface area contributed by atoms with Gasteiger partial charge in [0.2, 0.25) is 0 Å². The van der Waals surface area contributed by atoms with Gasteiger partial charge in [-0.25, -0.2) is 0 Å². The van der Waals surface area contributed by atoms with E-state index in [-0.39, 0.29) is 25.3 Å². The molecule has 0 spiro atoms. The number of aromatic nitrogens is 1. The Bertz CT molecular complexity index is 1210. The first kappa shape index (κ1) is 26.1. The normalized spacial score (nSPS) is 13.1. The zero-order chi connectivity index (χ0) is 26.1. The van der Waals surface area contributed by atoms with E-state index in [0.717, 1.165) is 21.4 Å². The smallest absolute Gasteiger partial charge is 0.416 e. The van der Waals surface area contributed by atoms with Gasteiger partial charge in [0.15, 0.2) is 0 Å². The number of carboxylic acids is 1. The van der Waals surface area contributed by atoms with Crippen molar-refractivity contribution in [1.29, 1.82) is 0 Å². The van der Waals surface area contributed by atoms with E-state index in [2.05, 4.69) is 0 Å². The summed E-state index contributed by atoms with van der Waals surface area (Å²) in [6, 6.07) is 7.23. The number of rotatable bonds is 7. The molecule has 0 saturated carbocycles. The number of benzene rings is 2. The topological polar surface area (TPSA) is 62.5 Å². The Balaban J connectivity index is 2.00. The Morgan fingerprint density at radius 3 is 2.11 bits per heavy atom. The van der Waals surface area contributed by atoms with Crippen LogP contribution in [-0.4, -0.2) is 39.5 Å². The number of nitrogens with zero attached hydrogens (tertiary/aromatic N) is 2. The van der Waals surface area contributed by atoms with Gasteiger partial charge in [-0.1, -0.05) is 18.2 Å². The van der Waals surface area contributed by atoms with E-state index >= 15 is 0 Å². The number of carbonyl (C=O) groups is 2. The molecule has 1 N–H and O–H groups in total. The molecule has 3 aromatic rings. The number of halogens is 6. The third-order valence-corrected chi connectivity index (χ3v) is 5.83. The molecule has 2 aromatic carbocycles. The highest BCUT2D eigenvalue weighted by Gasteiger charge is 2.38. The molecule has 5 nitrogen and oxygen atoms in total. The molecule has 1 aromatic heterocycles. The molecule has 0 fully saturated rings. The molecule has 0 aliphatic carbocycles. The van der Waals surface area contributed by atoms with Gasteiger partial charge in [-0.05, 0) is 42.7 Å². The molecule has 188 valence electrons. The lowest BCUT2D eigenvalue weighted by Gasteiger charge is -2.28. The molecule has 35 heavy (non-hydrogen) atoms. The maximum Gasteiger partial charge on any atom is 0.416 e. The summed E-state index contributed by atoms with van der Waals surface area (Å²) in [6.45, 7) is 0. The number of fused-ring (bicyclic) bond motifs is 1. The van der Waals surface area contributed by atoms with Gasteiger partial charge in [-0.15, -0.1) is 0 Å². The first-order chi connectivity index (χ1) is 16.2. The summed E-state index contributed by atoms with van der Waals surface area (Å²) in [5.74, 6) is -2.22. The van der Waals surface area contributed by atoms with Gasteiger partial charge in [0, 0.05) is 49.2 Å². The molecule has 1 atom stereocenters. The van der Waals surface area contributed by atoms with Crippen molar-refractivity contribution in [3.63, 3.8) is 0 Å². The van der Waals surface area contributed by atoms with Crippen molar-refractivity contribution in [2.75, 3.05) is 7.05 Å². The van der Waals surface area contributed by atoms with Gasteiger partial charge >= 0.3 is 18.3 Å². The monoisotopic (exact) mass is 500 g/mol. The predicted molar refractivity (Wildman–Crippen MR) is 116 cm³/mol. The molecule has 0 aliphatic heterocycles. The molecular weight excluding hydrogens is 478 g/mol. The Kier molecular flexibility index (Phi) is 7.18. The number of aryl methyl sites for hydroxylation is 1. The fourth-order valence-corrected chi connectivity index (χ4v) is 4.01. The standard InChI is InChI=1S/C24H22F6N2O3/c1-31-13-15(19-5-3-4-6-20(19)31)11-18(7-8-21(33)34)32(2)22(35)14-9-16(23(25,26)27)12-17(10-14)24(28,29)30/h3-6,9-10,12-13,18H,7-8,11H2,1-2H3,(H,33,34). The molecule has 1 heterocycles. The van der Waals surface area contributed by atoms with Crippen LogP contribution in [0.3, 0.4) is 0 Å². The van der Waals surface area contributed by atoms with E-state index in [4.69, 9.17) is 5.11 Å². The van der Waals surface area contributed by atoms with Crippen molar-refractivity contribution in [2.45, 2.75) is 37.7 Å². The Morgan fingerprint density at radius 1 is 1.00 bits per heavy atom. The summed E-state index contributed by atoms with van der Waals surface area (Å²) in [6.07, 6.45) is -8.64. The minimum Gasteiger partial charge on any atom is -0.481 e. The summed E-state index contributed by atoms with van der Waals surface area (Å²) in [7, 11) is 3.04. The van der Waals surface area contributed by atoms with Crippen molar-refractivity contribution < 1.29 is 41.0 Å². The summed E-state index contributed by atoms with van der Waals surface area (Å²) in [5.41, 5.74) is -2.34. The summed E-state index contributed by atoms with van der Waals surface area (Å²) in [5, 5.41) is 9.98. The van der Waals surface area contributed by atoms with Crippen molar-refractivity contribution in [3.8, 4) is 0 Å². The van der Waals surface area contributed by atoms with E-state index in [1.165, 1.54) is 7.05 Å². The molecule has 1 unspecified atom stereocenters. The third kappa shape index (κ3) is 5.95. The van der Waals surface area contributed by atoms with Gasteiger partial charge in [0.05, 0.1) is 11.1 Å². The maximum absolute atomic E-state index is 13.2. The van der Waals surface area contributed by atoms with Crippen LogP contribution in [0, 0.1) is 0 Å². The van der Waals surface area contributed by atoms with Crippen molar-refractivity contribution in [1.82, 2.24) is 9.47 Å². The average Bonchev–Trinajstić information content (AvgIpc) is 3.09. The lowest BCUT2D eigenvalue weighted by molar-refractivity contribution is -0.143. The molecule has 1 amide bonds. The highest BCUT2D eigenvalue weighted by molar-refractivity contribution is 5.95. The van der Waals surface area contributed by atoms with Gasteiger partial charge < -0.3 is 14.6 Å². The van der Waals surface area contributed by atoms with Crippen molar-refractivity contribution >= 4 is 22.8 Å². The number of carbonyl (C=O) groups excluding carboxylic acids is 1. The number of carboxylic acid groups (broad SMARTS) is 1. The van der Waals surface area contributed by atoms with Crippen LogP contribution in [0.25, 0.3) is 10.9 Å². The fourth-order valence-electron chi connectivity index (χ4n) is 4.01. The predicted octanol–water partition coefficient (Wildman–Crippen LogP) is 5.76. The first-order valence-electron chi connectivity index (χ1n) is 10.5. The fraction of sp³-hybridized carbons (Fsp3) is 0.333. The van der Waals surface area contributed by atoms with E-state index in [9.17, 15) is 35.9 Å². The van der Waals surface area contributed by atoms with Crippen molar-refractivity contribution in [3.05, 3.63) is 70.9 Å². The lowest BCUT2D eigenvalue weighted by Crippen LogP contribution is -2.39. The van der Waals surface area contributed by atoms with E-state index in [1.54, 1.807) is 19.3 Å². The van der Waals surface area contributed by atoms with Crippen LogP contribution in [0.2, 0.25) is 0 Å². The number of alkyl halides is 6. The molecule has 3 rings (SSSR count). The Labute approximate surface area is 196 Å². The molecule has 0 bridgehead atoms. The van der Waals surface area contributed by atoms with Gasteiger partial charge in [-0.2, -0.15) is 26.3 Å². The number of para-hydroxylation sites is 1. The number of aliphatic carboxylic acids is 1.